The lowest BCUT2D eigenvalue weighted by Gasteiger charge is -2.30. The molecule has 2 amide bonds. The van der Waals surface area contributed by atoms with E-state index in [1.807, 2.05) is 32.8 Å². The molecule has 0 bridgehead atoms. The van der Waals surface area contributed by atoms with Crippen LogP contribution in [0.2, 0.25) is 0 Å². The minimum atomic E-state index is -0.879. The zero-order chi connectivity index (χ0) is 15.3. The minimum absolute atomic E-state index is 0.0321. The number of amides is 2. The highest BCUT2D eigenvalue weighted by Gasteiger charge is 2.31. The zero-order valence-electron chi connectivity index (χ0n) is 12.9. The summed E-state index contributed by atoms with van der Waals surface area (Å²) >= 11 is 0. The lowest BCUT2D eigenvalue weighted by Crippen LogP contribution is -2.50. The molecule has 1 aliphatic rings. The number of hydrogen-bond donors (Lipinski definition) is 2. The predicted octanol–water partition coefficient (Wildman–Crippen LogP) is 1.22. The fourth-order valence-electron chi connectivity index (χ4n) is 2.60. The molecule has 1 rings (SSSR count). The van der Waals surface area contributed by atoms with Crippen LogP contribution in [0, 0.1) is 5.92 Å². The predicted molar refractivity (Wildman–Crippen MR) is 77.7 cm³/mol. The Morgan fingerprint density at radius 1 is 1.40 bits per heavy atom. The summed E-state index contributed by atoms with van der Waals surface area (Å²) in [6.45, 7) is 5.45. The van der Waals surface area contributed by atoms with Crippen molar-refractivity contribution in [2.45, 2.75) is 45.2 Å². The van der Waals surface area contributed by atoms with Crippen LogP contribution >= 0.6 is 0 Å². The molecule has 0 radical (unpaired) electrons. The van der Waals surface area contributed by atoms with Crippen LogP contribution in [-0.2, 0) is 4.79 Å². The smallest absolute Gasteiger partial charge is 0.317 e. The Labute approximate surface area is 121 Å². The second-order valence-corrected chi connectivity index (χ2v) is 6.15. The summed E-state index contributed by atoms with van der Waals surface area (Å²) < 4.78 is 0. The number of likely N-dealkylation sites (tertiary alicyclic amines) is 1. The van der Waals surface area contributed by atoms with E-state index in [-0.39, 0.29) is 30.5 Å². The number of carbonyl (C=O) groups is 2. The van der Waals surface area contributed by atoms with Gasteiger partial charge in [0.2, 0.25) is 0 Å². The molecule has 20 heavy (non-hydrogen) atoms. The van der Waals surface area contributed by atoms with Crippen LogP contribution < -0.4 is 5.32 Å². The van der Waals surface area contributed by atoms with Crippen molar-refractivity contribution < 1.29 is 14.7 Å². The molecule has 0 spiro atoms. The van der Waals surface area contributed by atoms with Crippen LogP contribution in [0.1, 0.15) is 33.1 Å². The molecular formula is C14H27N3O3. The molecule has 116 valence electrons. The molecule has 0 aromatic rings. The largest absolute Gasteiger partial charge is 0.481 e. The van der Waals surface area contributed by atoms with Crippen molar-refractivity contribution in [2.75, 3.05) is 27.2 Å². The van der Waals surface area contributed by atoms with Crippen LogP contribution in [0.15, 0.2) is 0 Å². The summed E-state index contributed by atoms with van der Waals surface area (Å²) in [4.78, 5) is 27.1. The molecule has 1 aliphatic heterocycles. The van der Waals surface area contributed by atoms with Crippen LogP contribution in [0.3, 0.4) is 0 Å². The second-order valence-electron chi connectivity index (χ2n) is 6.15. The molecule has 2 unspecified atom stereocenters. The van der Waals surface area contributed by atoms with Crippen LogP contribution in [0.4, 0.5) is 4.79 Å². The van der Waals surface area contributed by atoms with Crippen molar-refractivity contribution in [2.24, 2.45) is 5.92 Å². The molecule has 1 heterocycles. The van der Waals surface area contributed by atoms with E-state index in [0.29, 0.717) is 0 Å². The van der Waals surface area contributed by atoms with Gasteiger partial charge < -0.3 is 20.2 Å². The summed E-state index contributed by atoms with van der Waals surface area (Å²) in [5, 5.41) is 11.8. The Hall–Kier alpha value is -1.30. The van der Waals surface area contributed by atoms with Gasteiger partial charge in [-0.15, -0.1) is 0 Å². The first-order valence-electron chi connectivity index (χ1n) is 7.25. The van der Waals surface area contributed by atoms with Gasteiger partial charge in [0.15, 0.2) is 0 Å². The van der Waals surface area contributed by atoms with Crippen molar-refractivity contribution in [3.8, 4) is 0 Å². The van der Waals surface area contributed by atoms with Gasteiger partial charge in [0, 0.05) is 25.2 Å². The van der Waals surface area contributed by atoms with Gasteiger partial charge >= 0.3 is 12.0 Å². The Morgan fingerprint density at radius 2 is 2.05 bits per heavy atom. The number of rotatable bonds is 6. The molecule has 0 aromatic carbocycles. The quantitative estimate of drug-likeness (QED) is 0.769. The van der Waals surface area contributed by atoms with E-state index in [1.54, 1.807) is 0 Å². The van der Waals surface area contributed by atoms with E-state index in [2.05, 4.69) is 10.2 Å². The van der Waals surface area contributed by atoms with Crippen LogP contribution in [-0.4, -0.2) is 66.2 Å². The SMILES string of the molecule is CC(C)C(CC(=O)O)NC(=O)N1CCCC1CN(C)C. The number of nitrogens with one attached hydrogen (secondary N) is 1. The average molecular weight is 285 g/mol. The van der Waals surface area contributed by atoms with Gasteiger partial charge in [-0.05, 0) is 32.9 Å². The lowest BCUT2D eigenvalue weighted by molar-refractivity contribution is -0.137. The van der Waals surface area contributed by atoms with Crippen molar-refractivity contribution >= 4 is 12.0 Å². The van der Waals surface area contributed by atoms with Gasteiger partial charge in [-0.1, -0.05) is 13.8 Å². The van der Waals surface area contributed by atoms with Crippen molar-refractivity contribution in [1.29, 1.82) is 0 Å². The summed E-state index contributed by atoms with van der Waals surface area (Å²) in [6, 6.07) is -0.224. The topological polar surface area (TPSA) is 72.9 Å². The van der Waals surface area contributed by atoms with E-state index < -0.39 is 5.97 Å². The Kier molecular flexibility index (Phi) is 6.26. The van der Waals surface area contributed by atoms with Crippen molar-refractivity contribution in [3.05, 3.63) is 0 Å². The van der Waals surface area contributed by atoms with E-state index in [4.69, 9.17) is 5.11 Å². The molecule has 1 fully saturated rings. The van der Waals surface area contributed by atoms with Crippen LogP contribution in [0.5, 0.6) is 0 Å². The molecule has 0 aliphatic carbocycles. The van der Waals surface area contributed by atoms with Crippen LogP contribution in [0.25, 0.3) is 0 Å². The minimum Gasteiger partial charge on any atom is -0.481 e. The number of likely N-dealkylation sites (N-methyl/N-ethyl adjacent to an activating group) is 1. The van der Waals surface area contributed by atoms with Gasteiger partial charge in [-0.2, -0.15) is 0 Å². The third-order valence-electron chi connectivity index (χ3n) is 3.72. The monoisotopic (exact) mass is 285 g/mol. The maximum Gasteiger partial charge on any atom is 0.317 e. The molecule has 0 aromatic heterocycles. The standard InChI is InChI=1S/C14H27N3O3/c1-10(2)12(8-13(18)19)15-14(20)17-7-5-6-11(17)9-16(3)4/h10-12H,5-9H2,1-4H3,(H,15,20)(H,18,19). The van der Waals surface area contributed by atoms with Gasteiger partial charge in [-0.3, -0.25) is 4.79 Å². The summed E-state index contributed by atoms with van der Waals surface area (Å²) in [6.07, 6.45) is 1.99. The van der Waals surface area contributed by atoms with E-state index >= 15 is 0 Å². The maximum atomic E-state index is 12.3. The molecule has 2 N–H and O–H groups in total. The fourth-order valence-corrected chi connectivity index (χ4v) is 2.60. The fraction of sp³-hybridized carbons (Fsp3) is 0.857. The van der Waals surface area contributed by atoms with Crippen molar-refractivity contribution in [1.82, 2.24) is 15.1 Å². The van der Waals surface area contributed by atoms with Crippen molar-refractivity contribution in [3.63, 3.8) is 0 Å². The highest BCUT2D eigenvalue weighted by atomic mass is 16.4. The first-order chi connectivity index (χ1) is 9.31. The highest BCUT2D eigenvalue weighted by Crippen LogP contribution is 2.18. The Bertz CT molecular complexity index is 345. The van der Waals surface area contributed by atoms with Gasteiger partial charge in [0.25, 0.3) is 0 Å². The average Bonchev–Trinajstić information content (AvgIpc) is 2.74. The number of hydrogen-bond acceptors (Lipinski definition) is 3. The lowest BCUT2D eigenvalue weighted by atomic mass is 10.0. The van der Waals surface area contributed by atoms with E-state index in [1.165, 1.54) is 0 Å². The Balaban J connectivity index is 2.61. The van der Waals surface area contributed by atoms with Gasteiger partial charge in [0.05, 0.1) is 6.42 Å². The number of carbonyl (C=O) groups excluding carboxylic acids is 1. The zero-order valence-corrected chi connectivity index (χ0v) is 12.9. The second kappa shape index (κ2) is 7.47. The Morgan fingerprint density at radius 3 is 2.55 bits per heavy atom. The molecule has 2 atom stereocenters. The molecule has 6 heteroatoms. The number of urea groups is 1. The number of carboxylic acids is 1. The number of aliphatic carboxylic acids is 1. The summed E-state index contributed by atoms with van der Waals surface area (Å²) in [5.74, 6) is -0.778. The molecular weight excluding hydrogens is 258 g/mol. The third kappa shape index (κ3) is 5.00. The normalized spacial score (nSPS) is 20.5. The summed E-state index contributed by atoms with van der Waals surface area (Å²) in [7, 11) is 3.99. The van der Waals surface area contributed by atoms with E-state index in [9.17, 15) is 9.59 Å². The first-order valence-corrected chi connectivity index (χ1v) is 7.25. The van der Waals surface area contributed by atoms with Gasteiger partial charge in [0.1, 0.15) is 0 Å². The van der Waals surface area contributed by atoms with E-state index in [0.717, 1.165) is 25.9 Å². The highest BCUT2D eigenvalue weighted by molar-refractivity contribution is 5.76. The number of carboxylic acid groups (broad SMARTS) is 1. The molecule has 0 saturated carbocycles. The number of nitrogens with zero attached hydrogens (tertiary/aromatic N) is 2. The maximum absolute atomic E-state index is 12.3. The molecule has 1 saturated heterocycles. The third-order valence-corrected chi connectivity index (χ3v) is 3.72. The van der Waals surface area contributed by atoms with Gasteiger partial charge in [-0.25, -0.2) is 4.79 Å². The first kappa shape index (κ1) is 16.8. The molecule has 6 nitrogen and oxygen atoms in total. The summed E-state index contributed by atoms with van der Waals surface area (Å²) in [5.41, 5.74) is 0.